The molecule has 3 N–H and O–H groups in total. The van der Waals surface area contributed by atoms with Crippen molar-refractivity contribution < 1.29 is 18.0 Å². The van der Waals surface area contributed by atoms with Crippen LogP contribution in [-0.4, -0.2) is 44.5 Å². The van der Waals surface area contributed by atoms with Crippen molar-refractivity contribution in [2.24, 2.45) is 0 Å². The Morgan fingerprint density at radius 2 is 1.95 bits per heavy atom. The zero-order chi connectivity index (χ0) is 14.2. The van der Waals surface area contributed by atoms with Crippen LogP contribution in [0.15, 0.2) is 18.2 Å². The lowest BCUT2D eigenvalue weighted by molar-refractivity contribution is 0.0657. The molecule has 1 aliphatic rings. The van der Waals surface area contributed by atoms with Gasteiger partial charge in [-0.1, -0.05) is 6.07 Å². The maximum atomic E-state index is 12.0. The van der Waals surface area contributed by atoms with Crippen LogP contribution in [0.5, 0.6) is 0 Å². The van der Waals surface area contributed by atoms with E-state index in [-0.39, 0.29) is 29.9 Å². The van der Waals surface area contributed by atoms with Gasteiger partial charge >= 0.3 is 0 Å². The van der Waals surface area contributed by atoms with Gasteiger partial charge in [-0.25, -0.2) is 13.1 Å². The number of hydrogen-bond acceptors (Lipinski definition) is 5. The fraction of sp³-hybridized carbons (Fsp3) is 0.273. The van der Waals surface area contributed by atoms with Gasteiger partial charge in [0.25, 0.3) is 11.8 Å². The van der Waals surface area contributed by atoms with Crippen LogP contribution in [0, 0.1) is 0 Å². The van der Waals surface area contributed by atoms with E-state index in [9.17, 15) is 18.0 Å². The van der Waals surface area contributed by atoms with Crippen LogP contribution in [0.3, 0.4) is 0 Å². The summed E-state index contributed by atoms with van der Waals surface area (Å²) in [5.41, 5.74) is 6.36. The monoisotopic (exact) mass is 283 g/mol. The first kappa shape index (κ1) is 13.5. The second kappa shape index (κ2) is 4.63. The van der Waals surface area contributed by atoms with E-state index in [0.717, 1.165) is 11.2 Å². The predicted octanol–water partition coefficient (Wildman–Crippen LogP) is -0.586. The number of rotatable bonds is 4. The zero-order valence-electron chi connectivity index (χ0n) is 10.2. The maximum absolute atomic E-state index is 12.0. The quantitative estimate of drug-likeness (QED) is 0.567. The minimum atomic E-state index is -3.35. The number of carbonyl (C=O) groups excluding carboxylic acids is 2. The van der Waals surface area contributed by atoms with Crippen molar-refractivity contribution >= 4 is 27.5 Å². The highest BCUT2D eigenvalue weighted by Crippen LogP contribution is 2.26. The summed E-state index contributed by atoms with van der Waals surface area (Å²) < 4.78 is 24.1. The number of anilines is 1. The predicted molar refractivity (Wildman–Crippen MR) is 69.1 cm³/mol. The normalized spacial score (nSPS) is 14.9. The molecule has 0 saturated heterocycles. The fourth-order valence-corrected chi connectivity index (χ4v) is 2.37. The Hall–Kier alpha value is -1.93. The van der Waals surface area contributed by atoms with E-state index in [1.807, 2.05) is 0 Å². The Balaban J connectivity index is 2.17. The number of nitrogen functional groups attached to an aromatic ring is 1. The zero-order valence-corrected chi connectivity index (χ0v) is 11.0. The molecule has 1 heterocycles. The van der Waals surface area contributed by atoms with E-state index in [0.29, 0.717) is 0 Å². The lowest BCUT2D eigenvalue weighted by atomic mass is 10.1. The minimum absolute atomic E-state index is 0.0236. The van der Waals surface area contributed by atoms with E-state index < -0.39 is 21.8 Å². The molecule has 0 atom stereocenters. The number of carbonyl (C=O) groups is 2. The van der Waals surface area contributed by atoms with Gasteiger partial charge in [0, 0.05) is 18.8 Å². The van der Waals surface area contributed by atoms with Crippen molar-refractivity contribution in [2.45, 2.75) is 0 Å². The third kappa shape index (κ3) is 2.59. The van der Waals surface area contributed by atoms with E-state index in [2.05, 4.69) is 4.72 Å². The van der Waals surface area contributed by atoms with Crippen LogP contribution in [0.25, 0.3) is 0 Å². The number of hydrogen-bond donors (Lipinski definition) is 2. The number of nitrogens with one attached hydrogen (secondary N) is 1. The first-order chi connectivity index (χ1) is 8.81. The van der Waals surface area contributed by atoms with Gasteiger partial charge in [0.2, 0.25) is 10.0 Å². The van der Waals surface area contributed by atoms with Crippen molar-refractivity contribution in [3.8, 4) is 0 Å². The summed E-state index contributed by atoms with van der Waals surface area (Å²) in [5.74, 6) is -0.948. The van der Waals surface area contributed by atoms with Crippen molar-refractivity contribution in [1.29, 1.82) is 0 Å². The van der Waals surface area contributed by atoms with Crippen molar-refractivity contribution in [2.75, 3.05) is 25.1 Å². The fourth-order valence-electron chi connectivity index (χ4n) is 1.91. The van der Waals surface area contributed by atoms with Crippen LogP contribution in [0.4, 0.5) is 5.69 Å². The topological polar surface area (TPSA) is 110 Å². The summed E-state index contributed by atoms with van der Waals surface area (Å²) in [4.78, 5) is 25.0. The number of imide groups is 1. The number of nitrogens with two attached hydrogens (primary N) is 1. The largest absolute Gasteiger partial charge is 0.398 e. The highest BCUT2D eigenvalue weighted by molar-refractivity contribution is 7.88. The summed E-state index contributed by atoms with van der Waals surface area (Å²) in [5, 5.41) is 0. The average molecular weight is 283 g/mol. The second-order valence-electron chi connectivity index (χ2n) is 4.20. The number of fused-ring (bicyclic) bond motifs is 1. The molecule has 0 unspecified atom stereocenters. The molecule has 2 rings (SSSR count). The van der Waals surface area contributed by atoms with Crippen molar-refractivity contribution in [3.63, 3.8) is 0 Å². The molecule has 19 heavy (non-hydrogen) atoms. The Kier molecular flexibility index (Phi) is 3.29. The molecule has 1 aromatic carbocycles. The van der Waals surface area contributed by atoms with Gasteiger partial charge in [-0.05, 0) is 12.1 Å². The highest BCUT2D eigenvalue weighted by Gasteiger charge is 2.36. The number of sulfonamides is 1. The van der Waals surface area contributed by atoms with Crippen LogP contribution in [-0.2, 0) is 10.0 Å². The third-order valence-corrected chi connectivity index (χ3v) is 3.46. The van der Waals surface area contributed by atoms with Crippen molar-refractivity contribution in [1.82, 2.24) is 9.62 Å². The minimum Gasteiger partial charge on any atom is -0.398 e. The summed E-state index contributed by atoms with van der Waals surface area (Å²) in [6, 6.07) is 4.66. The van der Waals surface area contributed by atoms with E-state index in [1.54, 1.807) is 12.1 Å². The second-order valence-corrected chi connectivity index (χ2v) is 6.03. The molecule has 0 bridgehead atoms. The standard InChI is InChI=1S/C11H13N3O4S/c1-19(17,18)13-5-6-14-10(15)7-3-2-4-8(12)9(7)11(14)16/h2-4,13H,5-6,12H2,1H3. The lowest BCUT2D eigenvalue weighted by Crippen LogP contribution is -2.37. The molecule has 0 radical (unpaired) electrons. The Morgan fingerprint density at radius 1 is 1.26 bits per heavy atom. The molecule has 0 saturated carbocycles. The average Bonchev–Trinajstić information content (AvgIpc) is 2.54. The highest BCUT2D eigenvalue weighted by atomic mass is 32.2. The lowest BCUT2D eigenvalue weighted by Gasteiger charge is -2.13. The number of benzene rings is 1. The van der Waals surface area contributed by atoms with Gasteiger partial charge in [0.05, 0.1) is 17.4 Å². The van der Waals surface area contributed by atoms with Gasteiger partial charge in [0.1, 0.15) is 0 Å². The molecule has 1 aliphatic heterocycles. The van der Waals surface area contributed by atoms with Crippen LogP contribution in [0.1, 0.15) is 20.7 Å². The molecule has 102 valence electrons. The molecule has 0 aliphatic carbocycles. The van der Waals surface area contributed by atoms with E-state index >= 15 is 0 Å². The summed E-state index contributed by atoms with van der Waals surface area (Å²) >= 11 is 0. The molecule has 0 aromatic heterocycles. The van der Waals surface area contributed by atoms with Crippen LogP contribution >= 0.6 is 0 Å². The number of amides is 2. The summed E-state index contributed by atoms with van der Waals surface area (Å²) in [6.07, 6.45) is 1.01. The first-order valence-corrected chi connectivity index (χ1v) is 7.40. The summed E-state index contributed by atoms with van der Waals surface area (Å²) in [6.45, 7) is -0.0525. The third-order valence-electron chi connectivity index (χ3n) is 2.73. The van der Waals surface area contributed by atoms with Gasteiger partial charge in [-0.3, -0.25) is 14.5 Å². The molecule has 8 heteroatoms. The SMILES string of the molecule is CS(=O)(=O)NCCN1C(=O)c2cccc(N)c2C1=O. The van der Waals surface area contributed by atoms with Gasteiger partial charge < -0.3 is 5.73 Å². The van der Waals surface area contributed by atoms with E-state index in [4.69, 9.17) is 5.73 Å². The van der Waals surface area contributed by atoms with Gasteiger partial charge in [0.15, 0.2) is 0 Å². The molecular formula is C11H13N3O4S. The number of nitrogens with zero attached hydrogens (tertiary/aromatic N) is 1. The molecule has 0 fully saturated rings. The Labute approximate surface area is 110 Å². The molecular weight excluding hydrogens is 270 g/mol. The van der Waals surface area contributed by atoms with Crippen molar-refractivity contribution in [3.05, 3.63) is 29.3 Å². The molecule has 7 nitrogen and oxygen atoms in total. The maximum Gasteiger partial charge on any atom is 0.263 e. The summed E-state index contributed by atoms with van der Waals surface area (Å²) in [7, 11) is -3.35. The molecule has 2 amide bonds. The van der Waals surface area contributed by atoms with E-state index in [1.165, 1.54) is 6.07 Å². The molecule has 0 spiro atoms. The van der Waals surface area contributed by atoms with Crippen LogP contribution in [0.2, 0.25) is 0 Å². The first-order valence-electron chi connectivity index (χ1n) is 5.50. The smallest absolute Gasteiger partial charge is 0.263 e. The van der Waals surface area contributed by atoms with Gasteiger partial charge in [-0.2, -0.15) is 0 Å². The van der Waals surface area contributed by atoms with Crippen LogP contribution < -0.4 is 10.5 Å². The van der Waals surface area contributed by atoms with Gasteiger partial charge in [-0.15, -0.1) is 0 Å². The Morgan fingerprint density at radius 3 is 2.53 bits per heavy atom. The Bertz CT molecular complexity index is 654. The molecule has 1 aromatic rings.